The molecular weight excluding hydrogens is 363 g/mol. The van der Waals surface area contributed by atoms with Crippen molar-refractivity contribution in [3.63, 3.8) is 0 Å². The molecule has 1 aliphatic carbocycles. The lowest BCUT2D eigenvalue weighted by Crippen LogP contribution is -2.28. The Labute approximate surface area is 161 Å². The first kappa shape index (κ1) is 19.7. The highest BCUT2D eigenvalue weighted by molar-refractivity contribution is 5.96. The number of aromatic nitrogens is 1. The number of rotatable bonds is 7. The van der Waals surface area contributed by atoms with E-state index in [1.807, 2.05) is 6.07 Å². The average Bonchev–Trinajstić information content (AvgIpc) is 3.50. The standard InChI is InChI=1S/C20H21FN4O3/c1-11-4-18(21)17(20(28)25-14-2-3-14)6-16(11)13-5-12(7-22)19(23-8-13)24-15(9-26)10-27/h4-6,8,14-15,26-27H,2-3,9-10H2,1H3,(H,23,24)(H,25,28). The molecule has 1 fully saturated rings. The SMILES string of the molecule is Cc1cc(F)c(C(=O)NC2CC2)cc1-c1cnc(NC(CO)CO)c(C#N)c1. The Kier molecular flexibility index (Phi) is 5.87. The predicted octanol–water partition coefficient (Wildman–Crippen LogP) is 1.73. The van der Waals surface area contributed by atoms with E-state index >= 15 is 0 Å². The average molecular weight is 384 g/mol. The minimum Gasteiger partial charge on any atom is -0.394 e. The molecule has 1 amide bonds. The zero-order chi connectivity index (χ0) is 20.3. The molecule has 0 saturated heterocycles. The number of carbonyl (C=O) groups is 1. The quantitative estimate of drug-likeness (QED) is 0.577. The number of carbonyl (C=O) groups excluding carboxylic acids is 1. The number of nitrogens with one attached hydrogen (secondary N) is 2. The molecule has 0 spiro atoms. The molecule has 0 bridgehead atoms. The van der Waals surface area contributed by atoms with E-state index in [-0.39, 0.29) is 36.2 Å². The van der Waals surface area contributed by atoms with E-state index in [0.717, 1.165) is 12.8 Å². The molecule has 4 N–H and O–H groups in total. The maximum atomic E-state index is 14.3. The van der Waals surface area contributed by atoms with Gasteiger partial charge in [0.05, 0.1) is 30.4 Å². The van der Waals surface area contributed by atoms with Crippen LogP contribution in [-0.2, 0) is 0 Å². The minimum atomic E-state index is -0.643. The van der Waals surface area contributed by atoms with E-state index < -0.39 is 17.8 Å². The van der Waals surface area contributed by atoms with Crippen LogP contribution in [0.15, 0.2) is 24.4 Å². The van der Waals surface area contributed by atoms with Gasteiger partial charge in [0.15, 0.2) is 0 Å². The van der Waals surface area contributed by atoms with Gasteiger partial charge in [0.25, 0.3) is 5.91 Å². The maximum absolute atomic E-state index is 14.3. The Morgan fingerprint density at radius 3 is 2.68 bits per heavy atom. The van der Waals surface area contributed by atoms with Crippen molar-refractivity contribution in [2.45, 2.75) is 31.8 Å². The summed E-state index contributed by atoms with van der Waals surface area (Å²) < 4.78 is 14.3. The number of hydrogen-bond acceptors (Lipinski definition) is 6. The summed E-state index contributed by atoms with van der Waals surface area (Å²) in [5.74, 6) is -0.826. The van der Waals surface area contributed by atoms with Crippen molar-refractivity contribution in [1.82, 2.24) is 10.3 Å². The summed E-state index contributed by atoms with van der Waals surface area (Å²) in [7, 11) is 0. The number of nitrogens with zero attached hydrogens (tertiary/aromatic N) is 2. The van der Waals surface area contributed by atoms with Crippen LogP contribution < -0.4 is 10.6 Å². The summed E-state index contributed by atoms with van der Waals surface area (Å²) in [5.41, 5.74) is 1.92. The lowest BCUT2D eigenvalue weighted by molar-refractivity contribution is 0.0947. The van der Waals surface area contributed by atoms with E-state index in [2.05, 4.69) is 15.6 Å². The van der Waals surface area contributed by atoms with Crippen molar-refractivity contribution in [3.05, 3.63) is 46.9 Å². The molecule has 1 aromatic heterocycles. The van der Waals surface area contributed by atoms with Crippen molar-refractivity contribution in [3.8, 4) is 17.2 Å². The topological polar surface area (TPSA) is 118 Å². The third kappa shape index (κ3) is 4.27. The fourth-order valence-electron chi connectivity index (χ4n) is 2.80. The van der Waals surface area contributed by atoms with Crippen LogP contribution in [0.3, 0.4) is 0 Å². The summed E-state index contributed by atoms with van der Waals surface area (Å²) in [6.45, 7) is 1.08. The lowest BCUT2D eigenvalue weighted by atomic mass is 9.97. The summed E-state index contributed by atoms with van der Waals surface area (Å²) in [6, 6.07) is 5.83. The second-order valence-electron chi connectivity index (χ2n) is 6.83. The Bertz CT molecular complexity index is 934. The molecule has 1 aromatic carbocycles. The molecule has 8 heteroatoms. The normalized spacial score (nSPS) is 13.3. The number of anilines is 1. The number of pyridine rings is 1. The molecule has 146 valence electrons. The fraction of sp³-hybridized carbons (Fsp3) is 0.350. The largest absolute Gasteiger partial charge is 0.394 e. The fourth-order valence-corrected chi connectivity index (χ4v) is 2.80. The summed E-state index contributed by atoms with van der Waals surface area (Å²) in [5, 5.41) is 33.4. The summed E-state index contributed by atoms with van der Waals surface area (Å²) in [4.78, 5) is 16.5. The summed E-state index contributed by atoms with van der Waals surface area (Å²) in [6.07, 6.45) is 3.30. The van der Waals surface area contributed by atoms with Gasteiger partial charge in [-0.05, 0) is 49.1 Å². The zero-order valence-electron chi connectivity index (χ0n) is 15.4. The van der Waals surface area contributed by atoms with Crippen molar-refractivity contribution in [2.75, 3.05) is 18.5 Å². The van der Waals surface area contributed by atoms with Crippen LogP contribution in [0.25, 0.3) is 11.1 Å². The van der Waals surface area contributed by atoms with E-state index in [9.17, 15) is 24.7 Å². The van der Waals surface area contributed by atoms with Gasteiger partial charge in [-0.1, -0.05) is 0 Å². The van der Waals surface area contributed by atoms with Gasteiger partial charge in [0.1, 0.15) is 17.7 Å². The monoisotopic (exact) mass is 384 g/mol. The van der Waals surface area contributed by atoms with E-state index in [4.69, 9.17) is 0 Å². The van der Waals surface area contributed by atoms with Gasteiger partial charge < -0.3 is 20.8 Å². The van der Waals surface area contributed by atoms with Gasteiger partial charge in [-0.15, -0.1) is 0 Å². The third-order valence-corrected chi connectivity index (χ3v) is 4.57. The number of aliphatic hydroxyl groups is 2. The molecule has 7 nitrogen and oxygen atoms in total. The number of halogens is 1. The third-order valence-electron chi connectivity index (χ3n) is 4.57. The van der Waals surface area contributed by atoms with E-state index in [1.54, 1.807) is 13.0 Å². The van der Waals surface area contributed by atoms with Gasteiger partial charge in [-0.2, -0.15) is 5.26 Å². The Morgan fingerprint density at radius 1 is 1.36 bits per heavy atom. The molecule has 1 aliphatic rings. The van der Waals surface area contributed by atoms with Crippen LogP contribution in [0.4, 0.5) is 10.2 Å². The predicted molar refractivity (Wildman–Crippen MR) is 101 cm³/mol. The minimum absolute atomic E-state index is 0.0474. The van der Waals surface area contributed by atoms with Crippen molar-refractivity contribution in [1.29, 1.82) is 5.26 Å². The number of nitriles is 1. The highest BCUT2D eigenvalue weighted by Crippen LogP contribution is 2.29. The lowest BCUT2D eigenvalue weighted by Gasteiger charge is -2.16. The van der Waals surface area contributed by atoms with E-state index in [0.29, 0.717) is 16.7 Å². The molecule has 0 aliphatic heterocycles. The molecule has 0 unspecified atom stereocenters. The van der Waals surface area contributed by atoms with Gasteiger partial charge in [-0.3, -0.25) is 4.79 Å². The Balaban J connectivity index is 1.96. The molecular formula is C20H21FN4O3. The Morgan fingerprint density at radius 2 is 2.07 bits per heavy atom. The van der Waals surface area contributed by atoms with Crippen molar-refractivity contribution < 1.29 is 19.4 Å². The van der Waals surface area contributed by atoms with Crippen LogP contribution in [0.2, 0.25) is 0 Å². The first-order valence-corrected chi connectivity index (χ1v) is 8.96. The van der Waals surface area contributed by atoms with Gasteiger partial charge in [0.2, 0.25) is 0 Å². The number of benzene rings is 1. The molecule has 28 heavy (non-hydrogen) atoms. The second-order valence-corrected chi connectivity index (χ2v) is 6.83. The molecule has 1 saturated carbocycles. The van der Waals surface area contributed by atoms with Crippen molar-refractivity contribution in [2.24, 2.45) is 0 Å². The van der Waals surface area contributed by atoms with Crippen molar-refractivity contribution >= 4 is 11.7 Å². The molecule has 3 rings (SSSR count). The number of hydrogen-bond donors (Lipinski definition) is 4. The number of aryl methyl sites for hydroxylation is 1. The van der Waals surface area contributed by atoms with Gasteiger partial charge in [0, 0.05) is 17.8 Å². The Hall–Kier alpha value is -3.02. The van der Waals surface area contributed by atoms with Crippen LogP contribution in [-0.4, -0.2) is 46.4 Å². The summed E-state index contributed by atoms with van der Waals surface area (Å²) >= 11 is 0. The van der Waals surface area contributed by atoms with Crippen LogP contribution in [0.5, 0.6) is 0 Å². The van der Waals surface area contributed by atoms with Crippen LogP contribution >= 0.6 is 0 Å². The number of amides is 1. The zero-order valence-corrected chi connectivity index (χ0v) is 15.4. The second kappa shape index (κ2) is 8.33. The van der Waals surface area contributed by atoms with Crippen LogP contribution in [0, 0.1) is 24.1 Å². The first-order chi connectivity index (χ1) is 13.5. The molecule has 1 heterocycles. The smallest absolute Gasteiger partial charge is 0.254 e. The molecule has 0 radical (unpaired) electrons. The molecule has 0 atom stereocenters. The highest BCUT2D eigenvalue weighted by Gasteiger charge is 2.25. The first-order valence-electron chi connectivity index (χ1n) is 8.96. The number of aliphatic hydroxyl groups excluding tert-OH is 2. The highest BCUT2D eigenvalue weighted by atomic mass is 19.1. The van der Waals surface area contributed by atoms with Crippen LogP contribution in [0.1, 0.15) is 34.3 Å². The molecule has 2 aromatic rings. The van der Waals surface area contributed by atoms with E-state index in [1.165, 1.54) is 18.3 Å². The van der Waals surface area contributed by atoms with Gasteiger partial charge in [-0.25, -0.2) is 9.37 Å². The van der Waals surface area contributed by atoms with Gasteiger partial charge >= 0.3 is 0 Å². The maximum Gasteiger partial charge on any atom is 0.254 e.